The van der Waals surface area contributed by atoms with E-state index in [0.29, 0.717) is 9.92 Å². The number of hydrogen-bond acceptors (Lipinski definition) is 8. The Morgan fingerprint density at radius 3 is 2.50 bits per heavy atom. The SMILES string of the molecule is CC(O[C@@H]1[C@@H](n2cc(-c3cc(F)c(F)c(F)c3)nn2)[C@@H](O)[C@@H](CO)O[C@@H]1Sc1ccc(Cl)c(Cl)c1)C(=O)O. The van der Waals surface area contributed by atoms with Gasteiger partial charge in [0.1, 0.15) is 35.5 Å². The van der Waals surface area contributed by atoms with Crippen LogP contribution >= 0.6 is 35.0 Å². The van der Waals surface area contributed by atoms with Crippen LogP contribution in [0.3, 0.4) is 0 Å². The summed E-state index contributed by atoms with van der Waals surface area (Å²) in [6.07, 6.45) is -3.97. The first-order valence-electron chi connectivity index (χ1n) is 11.0. The van der Waals surface area contributed by atoms with Gasteiger partial charge < -0.3 is 24.8 Å². The third-order valence-corrected chi connectivity index (χ3v) is 7.65. The Hall–Kier alpha value is -2.39. The van der Waals surface area contributed by atoms with Gasteiger partial charge in [-0.2, -0.15) is 0 Å². The standard InChI is InChI=1S/C23H20Cl2F3N3O6S/c1-9(22(34)35)36-21-19(31-7-16(29-30-31)10-4-14(26)18(28)15(27)5-10)20(33)17(8-32)37-23(21)38-11-2-3-12(24)13(25)6-11/h2-7,9,17,19-21,23,32-33H,8H2,1H3,(H,34,35)/t9?,17-,19+,20+,21-,23-/m1/s1. The lowest BCUT2D eigenvalue weighted by Crippen LogP contribution is -2.56. The van der Waals surface area contributed by atoms with Crippen LogP contribution in [0.2, 0.25) is 10.0 Å². The second kappa shape index (κ2) is 11.8. The summed E-state index contributed by atoms with van der Waals surface area (Å²) < 4.78 is 53.8. The van der Waals surface area contributed by atoms with Crippen LogP contribution < -0.4 is 0 Å². The maximum absolute atomic E-state index is 13.8. The van der Waals surface area contributed by atoms with E-state index in [2.05, 4.69) is 10.3 Å². The van der Waals surface area contributed by atoms with Gasteiger partial charge in [-0.15, -0.1) is 5.10 Å². The van der Waals surface area contributed by atoms with Crippen molar-refractivity contribution in [2.75, 3.05) is 6.61 Å². The third kappa shape index (κ3) is 5.93. The first-order valence-corrected chi connectivity index (χ1v) is 12.6. The number of carboxylic acid groups (broad SMARTS) is 1. The fraction of sp³-hybridized carbons (Fsp3) is 0.348. The molecule has 1 fully saturated rings. The smallest absolute Gasteiger partial charge is 0.332 e. The molecule has 0 amide bonds. The lowest BCUT2D eigenvalue weighted by Gasteiger charge is -2.44. The number of benzene rings is 2. The van der Waals surface area contributed by atoms with E-state index >= 15 is 0 Å². The minimum atomic E-state index is -1.65. The molecule has 1 aromatic heterocycles. The van der Waals surface area contributed by atoms with Gasteiger partial charge >= 0.3 is 5.97 Å². The number of aliphatic hydroxyl groups excluding tert-OH is 2. The molecule has 1 aliphatic rings. The van der Waals surface area contributed by atoms with Crippen molar-refractivity contribution in [1.29, 1.82) is 0 Å². The van der Waals surface area contributed by atoms with E-state index in [-0.39, 0.29) is 16.3 Å². The molecule has 4 rings (SSSR count). The molecule has 204 valence electrons. The quantitative estimate of drug-likeness (QED) is 0.333. The molecule has 3 N–H and O–H groups in total. The largest absolute Gasteiger partial charge is 0.479 e. The average molecular weight is 594 g/mol. The number of carbonyl (C=O) groups is 1. The molecule has 9 nitrogen and oxygen atoms in total. The summed E-state index contributed by atoms with van der Waals surface area (Å²) in [5, 5.41) is 38.8. The van der Waals surface area contributed by atoms with E-state index in [1.165, 1.54) is 13.1 Å². The van der Waals surface area contributed by atoms with Gasteiger partial charge in [-0.05, 0) is 37.3 Å². The first kappa shape index (κ1) is 28.6. The Bertz CT molecular complexity index is 1310. The van der Waals surface area contributed by atoms with Gasteiger partial charge in [0.15, 0.2) is 23.6 Å². The summed E-state index contributed by atoms with van der Waals surface area (Å²) in [5.74, 6) is -5.81. The molecule has 1 unspecified atom stereocenters. The zero-order valence-corrected chi connectivity index (χ0v) is 21.7. The minimum Gasteiger partial charge on any atom is -0.479 e. The molecule has 15 heteroatoms. The van der Waals surface area contributed by atoms with Gasteiger partial charge in [0.2, 0.25) is 0 Å². The zero-order chi connectivity index (χ0) is 27.7. The average Bonchev–Trinajstić information content (AvgIpc) is 3.35. The van der Waals surface area contributed by atoms with Crippen molar-refractivity contribution in [1.82, 2.24) is 15.0 Å². The van der Waals surface area contributed by atoms with Crippen LogP contribution in [0.5, 0.6) is 0 Å². The summed E-state index contributed by atoms with van der Waals surface area (Å²) >= 11 is 13.2. The second-order valence-corrected chi connectivity index (χ2v) is 10.3. The Labute approximate surface area is 228 Å². The van der Waals surface area contributed by atoms with E-state index in [4.69, 9.17) is 32.7 Å². The van der Waals surface area contributed by atoms with Crippen molar-refractivity contribution in [2.45, 2.75) is 47.7 Å². The molecule has 0 bridgehead atoms. The van der Waals surface area contributed by atoms with E-state index in [0.717, 1.165) is 28.6 Å². The normalized spacial score (nSPS) is 24.4. The molecule has 2 heterocycles. The number of hydrogen-bond donors (Lipinski definition) is 3. The van der Waals surface area contributed by atoms with Gasteiger partial charge in [-0.1, -0.05) is 40.2 Å². The number of ether oxygens (including phenoxy) is 2. The Kier molecular flexibility index (Phi) is 8.87. The summed E-state index contributed by atoms with van der Waals surface area (Å²) in [5.41, 5.74) is -1.21. The van der Waals surface area contributed by atoms with Crippen LogP contribution in [-0.2, 0) is 14.3 Å². The molecule has 2 aromatic carbocycles. The van der Waals surface area contributed by atoms with Crippen LogP contribution in [0.25, 0.3) is 11.3 Å². The number of nitrogens with zero attached hydrogens (tertiary/aromatic N) is 3. The molecule has 0 aliphatic carbocycles. The summed E-state index contributed by atoms with van der Waals surface area (Å²) in [6, 6.07) is 5.01. The Morgan fingerprint density at radius 1 is 1.21 bits per heavy atom. The zero-order valence-electron chi connectivity index (χ0n) is 19.3. The van der Waals surface area contributed by atoms with Gasteiger partial charge in [0.25, 0.3) is 0 Å². The molecule has 0 spiro atoms. The molecular formula is C23H20Cl2F3N3O6S. The molecule has 6 atom stereocenters. The molecule has 3 aromatic rings. The van der Waals surface area contributed by atoms with Gasteiger partial charge in [0, 0.05) is 10.5 Å². The molecule has 0 saturated carbocycles. The van der Waals surface area contributed by atoms with Gasteiger partial charge in [-0.3, -0.25) is 0 Å². The number of thioether (sulfide) groups is 1. The highest BCUT2D eigenvalue weighted by atomic mass is 35.5. The maximum atomic E-state index is 13.8. The minimum absolute atomic E-state index is 0.0687. The van der Waals surface area contributed by atoms with E-state index in [1.54, 1.807) is 18.2 Å². The topological polar surface area (TPSA) is 127 Å². The van der Waals surface area contributed by atoms with Crippen LogP contribution in [0.4, 0.5) is 13.2 Å². The Morgan fingerprint density at radius 2 is 1.89 bits per heavy atom. The summed E-state index contributed by atoms with van der Waals surface area (Å²) in [7, 11) is 0. The van der Waals surface area contributed by atoms with Gasteiger partial charge in [0.05, 0.1) is 22.8 Å². The summed E-state index contributed by atoms with van der Waals surface area (Å²) in [4.78, 5) is 12.2. The fourth-order valence-corrected chi connectivity index (χ4v) is 5.36. The predicted molar refractivity (Wildman–Crippen MR) is 130 cm³/mol. The number of rotatable bonds is 8. The van der Waals surface area contributed by atoms with Crippen LogP contribution in [0.1, 0.15) is 13.0 Å². The summed E-state index contributed by atoms with van der Waals surface area (Å²) in [6.45, 7) is 0.662. The lowest BCUT2D eigenvalue weighted by molar-refractivity contribution is -0.207. The van der Waals surface area contributed by atoms with Crippen molar-refractivity contribution >= 4 is 40.9 Å². The molecule has 0 radical (unpaired) electrons. The number of carboxylic acids is 1. The van der Waals surface area contributed by atoms with Crippen molar-refractivity contribution in [2.24, 2.45) is 0 Å². The molecular weight excluding hydrogens is 574 g/mol. The predicted octanol–water partition coefficient (Wildman–Crippen LogP) is 3.94. The van der Waals surface area contributed by atoms with E-state index in [1.807, 2.05) is 0 Å². The van der Waals surface area contributed by atoms with Gasteiger partial charge in [-0.25, -0.2) is 22.6 Å². The maximum Gasteiger partial charge on any atom is 0.332 e. The second-order valence-electron chi connectivity index (χ2n) is 8.32. The monoisotopic (exact) mass is 593 g/mol. The van der Waals surface area contributed by atoms with Crippen molar-refractivity contribution < 1.29 is 42.8 Å². The highest BCUT2D eigenvalue weighted by molar-refractivity contribution is 7.99. The first-order chi connectivity index (χ1) is 18.0. The molecule has 1 aliphatic heterocycles. The molecule has 1 saturated heterocycles. The fourth-order valence-electron chi connectivity index (χ4n) is 3.84. The highest BCUT2D eigenvalue weighted by Gasteiger charge is 2.49. The highest BCUT2D eigenvalue weighted by Crippen LogP contribution is 2.41. The van der Waals surface area contributed by atoms with Crippen molar-refractivity contribution in [3.05, 3.63) is 64.0 Å². The van der Waals surface area contributed by atoms with E-state index in [9.17, 15) is 33.3 Å². The molecule has 38 heavy (non-hydrogen) atoms. The van der Waals surface area contributed by atoms with Crippen LogP contribution in [0, 0.1) is 17.5 Å². The number of aliphatic carboxylic acids is 1. The van der Waals surface area contributed by atoms with Crippen LogP contribution in [-0.4, -0.2) is 72.7 Å². The number of aliphatic hydroxyl groups is 2. The van der Waals surface area contributed by atoms with Crippen molar-refractivity contribution in [3.8, 4) is 11.3 Å². The van der Waals surface area contributed by atoms with Crippen LogP contribution in [0.15, 0.2) is 41.4 Å². The third-order valence-electron chi connectivity index (χ3n) is 5.77. The number of halogens is 5. The number of aromatic nitrogens is 3. The van der Waals surface area contributed by atoms with E-state index < -0.39 is 65.9 Å². The Balaban J connectivity index is 1.74. The lowest BCUT2D eigenvalue weighted by atomic mass is 9.97. The van der Waals surface area contributed by atoms with Crippen molar-refractivity contribution in [3.63, 3.8) is 0 Å².